The Balaban J connectivity index is 1.98. The Kier molecular flexibility index (Phi) is 4.64. The number of fused-ring (bicyclic) bond motifs is 1. The molecule has 0 saturated carbocycles. The average Bonchev–Trinajstić information content (AvgIpc) is 2.61. The van der Waals surface area contributed by atoms with Gasteiger partial charge in [-0.1, -0.05) is 40.2 Å². The number of para-hydroxylation sites is 1. The van der Waals surface area contributed by atoms with Gasteiger partial charge in [0.05, 0.1) is 11.6 Å². The summed E-state index contributed by atoms with van der Waals surface area (Å²) in [6.07, 6.45) is 0.675. The van der Waals surface area contributed by atoms with Gasteiger partial charge in [0.25, 0.3) is 0 Å². The Bertz CT molecular complexity index is 970. The molecule has 2 atom stereocenters. The van der Waals surface area contributed by atoms with Gasteiger partial charge in [0.1, 0.15) is 17.4 Å². The van der Waals surface area contributed by atoms with E-state index in [1.165, 1.54) is 12.1 Å². The van der Waals surface area contributed by atoms with Crippen LogP contribution in [0.4, 0.5) is 14.5 Å². The summed E-state index contributed by atoms with van der Waals surface area (Å²) in [5.74, 6) is -1.04. The lowest BCUT2D eigenvalue weighted by molar-refractivity contribution is 0.466. The van der Waals surface area contributed by atoms with Crippen molar-refractivity contribution in [1.29, 1.82) is 0 Å². The number of hydrogen-bond donors (Lipinski definition) is 1. The van der Waals surface area contributed by atoms with Gasteiger partial charge in [0, 0.05) is 16.2 Å². The standard InChI is InChI=1S/C22H18BrF2NO/c1-13-9-14-10-17(27)7-8-18(14)22(26(13)16-5-3-2-4-6-16)21-19(24)11-15(23)12-20(21)25/h2-8,10-13,22,27H,9H2,1H3/t13-,22+/m1/s1. The van der Waals surface area contributed by atoms with Crippen LogP contribution in [0, 0.1) is 11.6 Å². The van der Waals surface area contributed by atoms with Gasteiger partial charge in [-0.25, -0.2) is 8.78 Å². The van der Waals surface area contributed by atoms with Gasteiger partial charge >= 0.3 is 0 Å². The first-order valence-electron chi connectivity index (χ1n) is 8.75. The van der Waals surface area contributed by atoms with Crippen molar-refractivity contribution in [2.45, 2.75) is 25.4 Å². The largest absolute Gasteiger partial charge is 0.508 e. The van der Waals surface area contributed by atoms with E-state index in [1.54, 1.807) is 18.2 Å². The summed E-state index contributed by atoms with van der Waals surface area (Å²) in [4.78, 5) is 2.05. The lowest BCUT2D eigenvalue weighted by Gasteiger charge is -2.44. The van der Waals surface area contributed by atoms with Crippen molar-refractivity contribution in [1.82, 2.24) is 0 Å². The number of halogens is 3. The third-order valence-corrected chi connectivity index (χ3v) is 5.52. The second-order valence-corrected chi connectivity index (χ2v) is 7.78. The summed E-state index contributed by atoms with van der Waals surface area (Å²) in [6.45, 7) is 2.03. The van der Waals surface area contributed by atoms with E-state index < -0.39 is 17.7 Å². The highest BCUT2D eigenvalue weighted by Gasteiger charge is 2.36. The second kappa shape index (κ2) is 6.97. The van der Waals surface area contributed by atoms with E-state index >= 15 is 0 Å². The van der Waals surface area contributed by atoms with Crippen LogP contribution in [0.3, 0.4) is 0 Å². The maximum atomic E-state index is 14.9. The molecule has 4 rings (SSSR count). The van der Waals surface area contributed by atoms with Crippen molar-refractivity contribution in [3.63, 3.8) is 0 Å². The first kappa shape index (κ1) is 18.0. The zero-order chi connectivity index (χ0) is 19.1. The van der Waals surface area contributed by atoms with Crippen LogP contribution in [-0.2, 0) is 6.42 Å². The van der Waals surface area contributed by atoms with E-state index in [-0.39, 0.29) is 17.4 Å². The molecule has 2 nitrogen and oxygen atoms in total. The van der Waals surface area contributed by atoms with Crippen molar-refractivity contribution < 1.29 is 13.9 Å². The predicted molar refractivity (Wildman–Crippen MR) is 106 cm³/mol. The lowest BCUT2D eigenvalue weighted by Crippen LogP contribution is -2.43. The Hall–Kier alpha value is -2.40. The number of anilines is 1. The predicted octanol–water partition coefficient (Wildman–Crippen LogP) is 5.97. The van der Waals surface area contributed by atoms with Crippen LogP contribution in [0.1, 0.15) is 29.7 Å². The molecule has 0 spiro atoms. The fourth-order valence-corrected chi connectivity index (χ4v) is 4.37. The number of phenols is 1. The molecular weight excluding hydrogens is 412 g/mol. The molecule has 5 heteroatoms. The molecule has 138 valence electrons. The molecule has 3 aromatic carbocycles. The highest BCUT2D eigenvalue weighted by atomic mass is 79.9. The maximum absolute atomic E-state index is 14.9. The topological polar surface area (TPSA) is 23.5 Å². The fourth-order valence-electron chi connectivity index (χ4n) is 3.97. The fraction of sp³-hybridized carbons (Fsp3) is 0.182. The molecular formula is C22H18BrF2NO. The second-order valence-electron chi connectivity index (χ2n) is 6.86. The molecule has 0 saturated heterocycles. The number of nitrogens with zero attached hydrogens (tertiary/aromatic N) is 1. The molecule has 0 amide bonds. The van der Waals surface area contributed by atoms with Gasteiger partial charge < -0.3 is 10.0 Å². The molecule has 0 aromatic heterocycles. The zero-order valence-electron chi connectivity index (χ0n) is 14.7. The molecule has 1 aliphatic heterocycles. The van der Waals surface area contributed by atoms with Crippen LogP contribution in [0.25, 0.3) is 0 Å². The molecule has 1 heterocycles. The van der Waals surface area contributed by atoms with Crippen molar-refractivity contribution in [3.05, 3.63) is 93.5 Å². The Labute approximate surface area is 165 Å². The minimum absolute atomic E-state index is 0.00542. The SMILES string of the molecule is C[C@@H]1Cc2cc(O)ccc2[C@@H](c2c(F)cc(Br)cc2F)N1c1ccccc1. The van der Waals surface area contributed by atoms with Crippen LogP contribution < -0.4 is 4.90 Å². The summed E-state index contributed by atoms with van der Waals surface area (Å²) in [7, 11) is 0. The van der Waals surface area contributed by atoms with E-state index in [1.807, 2.05) is 37.3 Å². The summed E-state index contributed by atoms with van der Waals surface area (Å²) in [6, 6.07) is 16.6. The molecule has 0 radical (unpaired) electrons. The van der Waals surface area contributed by atoms with Crippen LogP contribution in [-0.4, -0.2) is 11.1 Å². The highest BCUT2D eigenvalue weighted by Crippen LogP contribution is 2.43. The van der Waals surface area contributed by atoms with Crippen molar-refractivity contribution >= 4 is 21.6 Å². The van der Waals surface area contributed by atoms with Crippen LogP contribution in [0.15, 0.2) is 65.1 Å². The normalized spacial score (nSPS) is 19.0. The van der Waals surface area contributed by atoms with Crippen LogP contribution in [0.2, 0.25) is 0 Å². The van der Waals surface area contributed by atoms with Crippen molar-refractivity contribution in [3.8, 4) is 5.75 Å². The molecule has 0 unspecified atom stereocenters. The first-order chi connectivity index (χ1) is 13.0. The third-order valence-electron chi connectivity index (χ3n) is 5.06. The van der Waals surface area contributed by atoms with Crippen LogP contribution in [0.5, 0.6) is 5.75 Å². The monoisotopic (exact) mass is 429 g/mol. The summed E-state index contributed by atoms with van der Waals surface area (Å²) >= 11 is 3.16. The van der Waals surface area contributed by atoms with E-state index in [0.717, 1.165) is 16.8 Å². The maximum Gasteiger partial charge on any atom is 0.132 e. The minimum atomic E-state index is -0.625. The van der Waals surface area contributed by atoms with E-state index in [0.29, 0.717) is 10.9 Å². The molecule has 0 fully saturated rings. The first-order valence-corrected chi connectivity index (χ1v) is 9.54. The highest BCUT2D eigenvalue weighted by molar-refractivity contribution is 9.10. The minimum Gasteiger partial charge on any atom is -0.508 e. The van der Waals surface area contributed by atoms with Gasteiger partial charge in [-0.3, -0.25) is 0 Å². The van der Waals surface area contributed by atoms with Gasteiger partial charge in [0.2, 0.25) is 0 Å². The summed E-state index contributed by atoms with van der Waals surface area (Å²) < 4.78 is 30.2. The van der Waals surface area contributed by atoms with Crippen molar-refractivity contribution in [2.24, 2.45) is 0 Å². The number of rotatable bonds is 2. The van der Waals surface area contributed by atoms with Gasteiger partial charge in [-0.2, -0.15) is 0 Å². The lowest BCUT2D eigenvalue weighted by atomic mass is 9.84. The van der Waals surface area contributed by atoms with E-state index in [2.05, 4.69) is 20.8 Å². The van der Waals surface area contributed by atoms with Gasteiger partial charge in [-0.15, -0.1) is 0 Å². The van der Waals surface area contributed by atoms with E-state index in [9.17, 15) is 13.9 Å². The van der Waals surface area contributed by atoms with E-state index in [4.69, 9.17) is 0 Å². The van der Waals surface area contributed by atoms with Crippen molar-refractivity contribution in [2.75, 3.05) is 4.90 Å². The Morgan fingerprint density at radius 2 is 1.67 bits per heavy atom. The summed E-state index contributed by atoms with van der Waals surface area (Å²) in [5, 5.41) is 9.89. The zero-order valence-corrected chi connectivity index (χ0v) is 16.2. The quantitative estimate of drug-likeness (QED) is 0.541. The van der Waals surface area contributed by atoms with Gasteiger partial charge in [0.15, 0.2) is 0 Å². The molecule has 0 aliphatic carbocycles. The Morgan fingerprint density at radius 1 is 1.00 bits per heavy atom. The molecule has 1 aliphatic rings. The molecule has 1 N–H and O–H groups in total. The molecule has 3 aromatic rings. The third kappa shape index (κ3) is 3.21. The number of phenolic OH excluding ortho intramolecular Hbond substituents is 1. The number of benzene rings is 3. The van der Waals surface area contributed by atoms with Crippen LogP contribution >= 0.6 is 15.9 Å². The van der Waals surface area contributed by atoms with Gasteiger partial charge in [-0.05, 0) is 60.9 Å². The number of hydrogen-bond acceptors (Lipinski definition) is 2. The smallest absolute Gasteiger partial charge is 0.132 e. The Morgan fingerprint density at radius 3 is 2.33 bits per heavy atom. The number of aromatic hydroxyl groups is 1. The average molecular weight is 430 g/mol. The molecule has 0 bridgehead atoms. The molecule has 27 heavy (non-hydrogen) atoms. The summed E-state index contributed by atoms with van der Waals surface area (Å²) in [5.41, 5.74) is 2.62.